The molecule has 0 spiro atoms. The maximum Gasteiger partial charge on any atom is 0.512 e. The largest absolute Gasteiger partial charge is 0.512 e. The first kappa shape index (κ1) is 15.7. The second-order valence-corrected chi connectivity index (χ2v) is 7.03. The minimum absolute atomic E-state index is 0.410. The van der Waals surface area contributed by atoms with Crippen LogP contribution in [0.15, 0.2) is 0 Å². The number of hydrogen-bond acceptors (Lipinski definition) is 4. The van der Waals surface area contributed by atoms with E-state index in [1.165, 1.54) is 6.92 Å². The highest BCUT2D eigenvalue weighted by molar-refractivity contribution is 8.05. The third-order valence-corrected chi connectivity index (χ3v) is 5.25. The summed E-state index contributed by atoms with van der Waals surface area (Å²) in [6.07, 6.45) is 0.410. The van der Waals surface area contributed by atoms with E-state index in [1.807, 2.05) is 0 Å². The second kappa shape index (κ2) is 4.88. The molecule has 0 aliphatic heterocycles. The first-order chi connectivity index (χ1) is 6.91. The van der Waals surface area contributed by atoms with Crippen molar-refractivity contribution in [2.45, 2.75) is 25.8 Å². The van der Waals surface area contributed by atoms with E-state index in [0.717, 1.165) is 0 Å². The zero-order valence-corrected chi connectivity index (χ0v) is 10.2. The van der Waals surface area contributed by atoms with Crippen molar-refractivity contribution in [2.24, 2.45) is 5.92 Å². The Morgan fingerprint density at radius 3 is 1.94 bits per heavy atom. The lowest BCUT2D eigenvalue weighted by atomic mass is 10.2. The molecule has 1 atom stereocenters. The molecule has 0 radical (unpaired) electrons. The molecule has 98 valence electrons. The summed E-state index contributed by atoms with van der Waals surface area (Å²) >= 11 is 0. The Labute approximate surface area is 92.1 Å². The van der Waals surface area contributed by atoms with Crippen LogP contribution in [0, 0.1) is 5.92 Å². The molecule has 0 aliphatic rings. The summed E-state index contributed by atoms with van der Waals surface area (Å²) in [7, 11) is -10.3. The second-order valence-electron chi connectivity index (χ2n) is 3.33. The topological polar surface area (TPSA) is 80.3 Å². The molecule has 1 unspecified atom stereocenters. The fraction of sp³-hybridized carbons (Fsp3) is 1.00. The van der Waals surface area contributed by atoms with Crippen molar-refractivity contribution in [2.75, 3.05) is 5.75 Å². The molecule has 0 aromatic rings. The number of alkyl halides is 3. The smallest absolute Gasteiger partial charge is 0.211 e. The lowest BCUT2D eigenvalue weighted by molar-refractivity contribution is -0.0441. The van der Waals surface area contributed by atoms with Crippen molar-refractivity contribution in [3.63, 3.8) is 0 Å². The van der Waals surface area contributed by atoms with Gasteiger partial charge < -0.3 is 0 Å². The van der Waals surface area contributed by atoms with Crippen LogP contribution in [0.25, 0.3) is 0 Å². The Morgan fingerprint density at radius 2 is 1.62 bits per heavy atom. The van der Waals surface area contributed by atoms with Gasteiger partial charge in [0.15, 0.2) is 0 Å². The average molecular weight is 283 g/mol. The van der Waals surface area contributed by atoms with E-state index in [0.29, 0.717) is 10.5 Å². The van der Waals surface area contributed by atoms with Crippen molar-refractivity contribution in [1.29, 1.82) is 0 Å². The molecule has 0 rings (SSSR count). The van der Waals surface area contributed by atoms with E-state index in [4.69, 9.17) is 0 Å². The fourth-order valence-electron chi connectivity index (χ4n) is 0.741. The minimum Gasteiger partial charge on any atom is -0.211 e. The molecule has 0 saturated heterocycles. The molecule has 0 aromatic carbocycles. The monoisotopic (exact) mass is 283 g/mol. The van der Waals surface area contributed by atoms with Gasteiger partial charge in [-0.25, -0.2) is 16.8 Å². The van der Waals surface area contributed by atoms with Crippen molar-refractivity contribution in [1.82, 2.24) is 4.13 Å². The summed E-state index contributed by atoms with van der Waals surface area (Å²) in [5.74, 6) is -1.10. The van der Waals surface area contributed by atoms with Crippen LogP contribution in [0.3, 0.4) is 0 Å². The van der Waals surface area contributed by atoms with Crippen molar-refractivity contribution < 1.29 is 30.0 Å². The summed E-state index contributed by atoms with van der Waals surface area (Å²) in [5.41, 5.74) is -5.63. The van der Waals surface area contributed by atoms with Gasteiger partial charge in [0.1, 0.15) is 0 Å². The molecule has 5 nitrogen and oxygen atoms in total. The highest BCUT2D eigenvalue weighted by Crippen LogP contribution is 2.22. The van der Waals surface area contributed by atoms with Crippen molar-refractivity contribution >= 4 is 20.0 Å². The van der Waals surface area contributed by atoms with Crippen LogP contribution in [-0.2, 0) is 20.0 Å². The van der Waals surface area contributed by atoms with Gasteiger partial charge in [0, 0.05) is 0 Å². The van der Waals surface area contributed by atoms with Gasteiger partial charge in [-0.15, -0.1) is 4.13 Å². The Morgan fingerprint density at radius 1 is 1.19 bits per heavy atom. The number of halogens is 3. The predicted molar refractivity (Wildman–Crippen MR) is 51.4 cm³/mol. The van der Waals surface area contributed by atoms with E-state index in [1.54, 1.807) is 6.92 Å². The molecular weight excluding hydrogens is 271 g/mol. The van der Waals surface area contributed by atoms with Gasteiger partial charge in [0.25, 0.3) is 0 Å². The Bertz CT molecular complexity index is 425. The molecule has 0 bridgehead atoms. The maximum absolute atomic E-state index is 11.9. The van der Waals surface area contributed by atoms with Gasteiger partial charge in [-0.1, -0.05) is 20.3 Å². The maximum atomic E-state index is 11.9. The predicted octanol–water partition coefficient (Wildman–Crippen LogP) is 0.802. The van der Waals surface area contributed by atoms with Crippen molar-refractivity contribution in [3.05, 3.63) is 0 Å². The zero-order chi connectivity index (χ0) is 13.2. The lowest BCUT2D eigenvalue weighted by Crippen LogP contribution is -2.42. The Hall–Kier alpha value is -0.350. The van der Waals surface area contributed by atoms with Crippen LogP contribution in [0.2, 0.25) is 0 Å². The minimum atomic E-state index is -5.85. The Kier molecular flexibility index (Phi) is 4.77. The van der Waals surface area contributed by atoms with E-state index < -0.39 is 37.2 Å². The van der Waals surface area contributed by atoms with Crippen LogP contribution < -0.4 is 4.13 Å². The average Bonchev–Trinajstić information content (AvgIpc) is 1.98. The highest BCUT2D eigenvalue weighted by atomic mass is 32.3. The molecule has 0 fully saturated rings. The quantitative estimate of drug-likeness (QED) is 0.809. The normalized spacial score (nSPS) is 16.1. The first-order valence-electron chi connectivity index (χ1n) is 4.24. The van der Waals surface area contributed by atoms with Gasteiger partial charge in [-0.3, -0.25) is 0 Å². The molecule has 16 heavy (non-hydrogen) atoms. The van der Waals surface area contributed by atoms with Crippen molar-refractivity contribution in [3.8, 4) is 0 Å². The molecule has 0 heterocycles. The Balaban J connectivity index is 4.88. The summed E-state index contributed by atoms with van der Waals surface area (Å²) in [6.45, 7) is 3.12. The fourth-order valence-corrected chi connectivity index (χ4v) is 3.71. The standard InChI is InChI=1S/C6H12F3NO4S2/c1-3-5(2)4-15(11,12)10-16(13,14)6(7,8)9/h5,10H,3-4H2,1-2H3. The van der Waals surface area contributed by atoms with Gasteiger partial charge in [0.2, 0.25) is 10.0 Å². The van der Waals surface area contributed by atoms with Crippen LogP contribution in [0.1, 0.15) is 20.3 Å². The molecule has 0 aliphatic carbocycles. The molecule has 0 amide bonds. The van der Waals surface area contributed by atoms with E-state index in [2.05, 4.69) is 0 Å². The third-order valence-electron chi connectivity index (χ3n) is 1.74. The molecular formula is C6H12F3NO4S2. The van der Waals surface area contributed by atoms with Gasteiger partial charge in [-0.05, 0) is 5.92 Å². The SMILES string of the molecule is CCC(C)CS(=O)(=O)NS(=O)(=O)C(F)(F)F. The lowest BCUT2D eigenvalue weighted by Gasteiger charge is -2.12. The number of sulfonamides is 2. The van der Waals surface area contributed by atoms with E-state index >= 15 is 0 Å². The number of rotatable bonds is 5. The molecule has 0 aromatic heterocycles. The number of nitrogens with one attached hydrogen (secondary N) is 1. The summed E-state index contributed by atoms with van der Waals surface area (Å²) in [4.78, 5) is 0. The van der Waals surface area contributed by atoms with Crippen LogP contribution in [-0.4, -0.2) is 28.1 Å². The van der Waals surface area contributed by atoms with Gasteiger partial charge in [-0.2, -0.15) is 13.2 Å². The summed E-state index contributed by atoms with van der Waals surface area (Å²) in [5, 5.41) is 0. The molecule has 0 saturated carbocycles. The molecule has 10 heteroatoms. The highest BCUT2D eigenvalue weighted by Gasteiger charge is 2.48. The third kappa shape index (κ3) is 4.66. The zero-order valence-electron chi connectivity index (χ0n) is 8.57. The van der Waals surface area contributed by atoms with Gasteiger partial charge >= 0.3 is 15.5 Å². The van der Waals surface area contributed by atoms with E-state index in [-0.39, 0.29) is 0 Å². The van der Waals surface area contributed by atoms with Crippen LogP contribution >= 0.6 is 0 Å². The first-order valence-corrected chi connectivity index (χ1v) is 7.37. The van der Waals surface area contributed by atoms with Gasteiger partial charge in [0.05, 0.1) is 5.75 Å². The van der Waals surface area contributed by atoms with Crippen LogP contribution in [0.4, 0.5) is 13.2 Å². The summed E-state index contributed by atoms with van der Waals surface area (Å²) < 4.78 is 79.4. The summed E-state index contributed by atoms with van der Waals surface area (Å²) in [6, 6.07) is 0. The number of hydrogen-bond donors (Lipinski definition) is 1. The van der Waals surface area contributed by atoms with E-state index in [9.17, 15) is 30.0 Å². The van der Waals surface area contributed by atoms with Crippen LogP contribution in [0.5, 0.6) is 0 Å². The molecule has 1 N–H and O–H groups in total.